The molecule has 2 aromatic rings. The molecule has 27 heavy (non-hydrogen) atoms. The molecule has 3 N–H and O–H groups in total. The Morgan fingerprint density at radius 1 is 1.33 bits per heavy atom. The van der Waals surface area contributed by atoms with Gasteiger partial charge in [0.1, 0.15) is 5.56 Å². The van der Waals surface area contributed by atoms with E-state index >= 15 is 0 Å². The highest BCUT2D eigenvalue weighted by molar-refractivity contribution is 5.98. The van der Waals surface area contributed by atoms with Crippen LogP contribution in [-0.4, -0.2) is 28.8 Å². The highest BCUT2D eigenvalue weighted by Crippen LogP contribution is 2.38. The first-order valence-electron chi connectivity index (χ1n) is 8.72. The molecule has 1 saturated carbocycles. The molecular weight excluding hydrogens is 346 g/mol. The summed E-state index contributed by atoms with van der Waals surface area (Å²) in [7, 11) is 1.36. The van der Waals surface area contributed by atoms with Crippen LogP contribution in [0.5, 0.6) is 0 Å². The number of primary amides is 1. The molecule has 0 saturated heterocycles. The van der Waals surface area contributed by atoms with Crippen molar-refractivity contribution in [1.82, 2.24) is 9.78 Å². The molecule has 0 bridgehead atoms. The van der Waals surface area contributed by atoms with E-state index in [2.05, 4.69) is 16.5 Å². The van der Waals surface area contributed by atoms with Gasteiger partial charge in [0.15, 0.2) is 5.82 Å². The Morgan fingerprint density at radius 3 is 2.70 bits per heavy atom. The van der Waals surface area contributed by atoms with Crippen LogP contribution in [-0.2, 0) is 9.53 Å². The Labute approximate surface area is 156 Å². The fourth-order valence-electron chi connectivity index (χ4n) is 3.46. The number of nitrogens with zero attached hydrogens (tertiary/aromatic N) is 3. The molecule has 8 heteroatoms. The van der Waals surface area contributed by atoms with Gasteiger partial charge in [-0.05, 0) is 31.4 Å². The Kier molecular flexibility index (Phi) is 5.41. The fourth-order valence-corrected chi connectivity index (χ4v) is 3.46. The van der Waals surface area contributed by atoms with Crippen molar-refractivity contribution in [3.63, 3.8) is 0 Å². The van der Waals surface area contributed by atoms with Crippen LogP contribution < -0.4 is 11.1 Å². The number of nitrogens with two attached hydrogens (primary N) is 1. The Hall–Kier alpha value is -3.34. The van der Waals surface area contributed by atoms with Gasteiger partial charge in [-0.2, -0.15) is 10.4 Å². The van der Waals surface area contributed by atoms with Gasteiger partial charge in [-0.1, -0.05) is 18.2 Å². The van der Waals surface area contributed by atoms with Gasteiger partial charge in [0.25, 0.3) is 5.91 Å². The smallest absolute Gasteiger partial charge is 0.308 e. The van der Waals surface area contributed by atoms with Crippen molar-refractivity contribution < 1.29 is 14.3 Å². The summed E-state index contributed by atoms with van der Waals surface area (Å²) in [4.78, 5) is 23.8. The largest absolute Gasteiger partial charge is 0.469 e. The van der Waals surface area contributed by atoms with Crippen molar-refractivity contribution in [3.05, 3.63) is 42.1 Å². The van der Waals surface area contributed by atoms with E-state index < -0.39 is 5.91 Å². The van der Waals surface area contributed by atoms with E-state index in [9.17, 15) is 14.9 Å². The molecule has 1 aromatic heterocycles. The van der Waals surface area contributed by atoms with Crippen molar-refractivity contribution in [2.45, 2.75) is 25.3 Å². The average molecular weight is 367 g/mol. The monoisotopic (exact) mass is 367 g/mol. The molecule has 8 nitrogen and oxygen atoms in total. The van der Waals surface area contributed by atoms with E-state index in [1.807, 2.05) is 30.3 Å². The minimum atomic E-state index is -0.617. The summed E-state index contributed by atoms with van der Waals surface area (Å²) in [6.07, 6.45) is 3.13. The summed E-state index contributed by atoms with van der Waals surface area (Å²) in [5.41, 5.74) is 6.50. The van der Waals surface area contributed by atoms with Crippen LogP contribution in [0.25, 0.3) is 0 Å². The molecular formula is C19H21N5O3. The van der Waals surface area contributed by atoms with Crippen LogP contribution >= 0.6 is 0 Å². The van der Waals surface area contributed by atoms with Gasteiger partial charge in [-0.3, -0.25) is 14.3 Å². The number of esters is 1. The summed E-state index contributed by atoms with van der Waals surface area (Å²) >= 11 is 0. The van der Waals surface area contributed by atoms with Crippen molar-refractivity contribution in [3.8, 4) is 6.07 Å². The Morgan fingerprint density at radius 2 is 2.07 bits per heavy atom. The van der Waals surface area contributed by atoms with Gasteiger partial charge in [0, 0.05) is 11.9 Å². The summed E-state index contributed by atoms with van der Waals surface area (Å²) < 4.78 is 6.43. The van der Waals surface area contributed by atoms with E-state index in [0.29, 0.717) is 25.1 Å². The molecule has 1 fully saturated rings. The van der Waals surface area contributed by atoms with Gasteiger partial charge >= 0.3 is 5.97 Å². The first-order chi connectivity index (χ1) is 13.0. The number of aromatic nitrogens is 2. The molecule has 3 unspecified atom stereocenters. The van der Waals surface area contributed by atoms with Crippen LogP contribution in [0.15, 0.2) is 36.5 Å². The quantitative estimate of drug-likeness (QED) is 0.782. The maximum Gasteiger partial charge on any atom is 0.308 e. The number of amides is 1. The second-order valence-corrected chi connectivity index (χ2v) is 6.56. The van der Waals surface area contributed by atoms with Crippen LogP contribution in [0.4, 0.5) is 11.5 Å². The predicted octanol–water partition coefficient (Wildman–Crippen LogP) is 2.38. The van der Waals surface area contributed by atoms with E-state index in [0.717, 1.165) is 5.69 Å². The second kappa shape index (κ2) is 7.91. The third-order valence-electron chi connectivity index (χ3n) is 4.89. The number of rotatable bonds is 5. The normalized spacial score (nSPS) is 21.9. The van der Waals surface area contributed by atoms with Crippen LogP contribution in [0.1, 0.15) is 35.7 Å². The summed E-state index contributed by atoms with van der Waals surface area (Å²) in [5.74, 6) is -1.19. The van der Waals surface area contributed by atoms with E-state index in [1.165, 1.54) is 7.11 Å². The Balaban J connectivity index is 1.92. The maximum atomic E-state index is 11.9. The lowest BCUT2D eigenvalue weighted by molar-refractivity contribution is -0.147. The van der Waals surface area contributed by atoms with E-state index in [-0.39, 0.29) is 29.4 Å². The van der Waals surface area contributed by atoms with Crippen molar-refractivity contribution in [2.75, 3.05) is 12.4 Å². The second-order valence-electron chi connectivity index (χ2n) is 6.56. The lowest BCUT2D eigenvalue weighted by Crippen LogP contribution is -2.31. The van der Waals surface area contributed by atoms with Crippen LogP contribution in [0.3, 0.4) is 0 Å². The lowest BCUT2D eigenvalue weighted by Gasteiger charge is -2.31. The van der Waals surface area contributed by atoms with Crippen molar-refractivity contribution in [1.29, 1.82) is 5.26 Å². The number of benzene rings is 1. The standard InChI is InChI=1S/C19H21N5O3/c1-27-19(26)12-7-8-13(10-20)16(9-12)24-11-15(17(21)25)18(23-24)22-14-5-3-2-4-6-14/h2-6,11-13,16H,7-9H2,1H3,(H2,21,25)(H,22,23). The van der Waals surface area contributed by atoms with Gasteiger partial charge in [0.2, 0.25) is 0 Å². The maximum absolute atomic E-state index is 11.9. The van der Waals surface area contributed by atoms with Crippen LogP contribution in [0.2, 0.25) is 0 Å². The lowest BCUT2D eigenvalue weighted by atomic mass is 9.79. The van der Waals surface area contributed by atoms with Gasteiger partial charge in [-0.15, -0.1) is 0 Å². The zero-order valence-corrected chi connectivity index (χ0v) is 15.0. The number of para-hydroxylation sites is 1. The molecule has 0 spiro atoms. The zero-order valence-electron chi connectivity index (χ0n) is 15.0. The van der Waals surface area contributed by atoms with Crippen LogP contribution in [0, 0.1) is 23.2 Å². The Bertz CT molecular complexity index is 871. The summed E-state index contributed by atoms with van der Waals surface area (Å²) in [6, 6.07) is 11.2. The molecule has 140 valence electrons. The van der Waals surface area contributed by atoms with Gasteiger partial charge in [0.05, 0.1) is 31.1 Å². The highest BCUT2D eigenvalue weighted by Gasteiger charge is 2.36. The van der Waals surface area contributed by atoms with E-state index in [4.69, 9.17) is 10.5 Å². The molecule has 1 amide bonds. The number of anilines is 2. The molecule has 0 aliphatic heterocycles. The number of hydrogen-bond acceptors (Lipinski definition) is 6. The number of ether oxygens (including phenoxy) is 1. The fraction of sp³-hybridized carbons (Fsp3) is 0.368. The number of methoxy groups -OCH3 is 1. The van der Waals surface area contributed by atoms with Gasteiger partial charge in [-0.25, -0.2) is 0 Å². The number of carbonyl (C=O) groups is 2. The summed E-state index contributed by atoms with van der Waals surface area (Å²) in [6.45, 7) is 0. The predicted molar refractivity (Wildman–Crippen MR) is 98.0 cm³/mol. The minimum absolute atomic E-state index is 0.232. The highest BCUT2D eigenvalue weighted by atomic mass is 16.5. The number of carbonyl (C=O) groups excluding carboxylic acids is 2. The first-order valence-corrected chi connectivity index (χ1v) is 8.72. The van der Waals surface area contributed by atoms with Crippen molar-refractivity contribution >= 4 is 23.4 Å². The molecule has 1 aliphatic rings. The number of nitriles is 1. The third kappa shape index (κ3) is 3.92. The van der Waals surface area contributed by atoms with Crippen molar-refractivity contribution in [2.24, 2.45) is 17.6 Å². The number of nitrogens with one attached hydrogen (secondary N) is 1. The SMILES string of the molecule is COC(=O)C1CCC(C#N)C(n2cc(C(N)=O)c(Nc3ccccc3)n2)C1. The molecule has 1 aliphatic carbocycles. The average Bonchev–Trinajstić information content (AvgIpc) is 3.11. The molecule has 1 heterocycles. The van der Waals surface area contributed by atoms with Gasteiger partial charge < -0.3 is 15.8 Å². The number of hydrogen-bond donors (Lipinski definition) is 2. The molecule has 1 aromatic carbocycles. The topological polar surface area (TPSA) is 123 Å². The third-order valence-corrected chi connectivity index (χ3v) is 4.89. The van der Waals surface area contributed by atoms with E-state index in [1.54, 1.807) is 10.9 Å². The molecule has 0 radical (unpaired) electrons. The summed E-state index contributed by atoms with van der Waals surface area (Å²) in [5, 5.41) is 17.1. The molecule has 3 rings (SSSR count). The molecule has 3 atom stereocenters. The first kappa shape index (κ1) is 18.5. The zero-order chi connectivity index (χ0) is 19.4. The minimum Gasteiger partial charge on any atom is -0.469 e.